The van der Waals surface area contributed by atoms with Crippen LogP contribution in [0, 0.1) is 5.41 Å². The summed E-state index contributed by atoms with van der Waals surface area (Å²) in [6.45, 7) is 4.25. The summed E-state index contributed by atoms with van der Waals surface area (Å²) in [7, 11) is 0. The summed E-state index contributed by atoms with van der Waals surface area (Å²) in [4.78, 5) is 25.0. The van der Waals surface area contributed by atoms with Gasteiger partial charge >= 0.3 is 0 Å². The number of nitrogens with zero attached hydrogens (tertiary/aromatic N) is 1. The Balaban J connectivity index is 2.12. The fourth-order valence-electron chi connectivity index (χ4n) is 2.70. The molecule has 84 valence electrons. The van der Waals surface area contributed by atoms with Gasteiger partial charge in [0.2, 0.25) is 11.8 Å². The van der Waals surface area contributed by atoms with Gasteiger partial charge in [0, 0.05) is 19.4 Å². The molecule has 4 nitrogen and oxygen atoms in total. The monoisotopic (exact) mass is 210 g/mol. The molecule has 0 aliphatic carbocycles. The van der Waals surface area contributed by atoms with Gasteiger partial charge in [0.1, 0.15) is 0 Å². The Hall–Kier alpha value is -0.900. The molecule has 0 aromatic heterocycles. The van der Waals surface area contributed by atoms with E-state index >= 15 is 0 Å². The number of hydrogen-bond acceptors (Lipinski definition) is 3. The third kappa shape index (κ3) is 1.91. The lowest BCUT2D eigenvalue weighted by Gasteiger charge is -2.42. The van der Waals surface area contributed by atoms with Crippen LogP contribution >= 0.6 is 0 Å². The first-order chi connectivity index (χ1) is 7.17. The van der Waals surface area contributed by atoms with E-state index in [2.05, 4.69) is 5.32 Å². The number of rotatable bonds is 1. The van der Waals surface area contributed by atoms with Gasteiger partial charge < -0.3 is 5.32 Å². The standard InChI is InChI=1S/C11H18N2O2/c1-2-13-9(14)7-11(8-10(13)15)3-5-12-6-4-11/h12H,2-8H2,1H3. The van der Waals surface area contributed by atoms with Crippen LogP contribution in [0.1, 0.15) is 32.6 Å². The normalized spacial score (nSPS) is 26.1. The van der Waals surface area contributed by atoms with Crippen molar-refractivity contribution in [2.24, 2.45) is 5.41 Å². The first-order valence-corrected chi connectivity index (χ1v) is 5.71. The highest BCUT2D eigenvalue weighted by Gasteiger charge is 2.43. The van der Waals surface area contributed by atoms with Crippen molar-refractivity contribution in [3.8, 4) is 0 Å². The van der Waals surface area contributed by atoms with Crippen molar-refractivity contribution in [1.82, 2.24) is 10.2 Å². The van der Waals surface area contributed by atoms with Gasteiger partial charge in [0.05, 0.1) is 0 Å². The number of amides is 2. The quantitative estimate of drug-likeness (QED) is 0.642. The molecule has 2 saturated heterocycles. The van der Waals surface area contributed by atoms with Crippen molar-refractivity contribution in [3.63, 3.8) is 0 Å². The van der Waals surface area contributed by atoms with E-state index in [0.717, 1.165) is 25.9 Å². The largest absolute Gasteiger partial charge is 0.317 e. The van der Waals surface area contributed by atoms with Crippen LogP contribution in [0.25, 0.3) is 0 Å². The summed E-state index contributed by atoms with van der Waals surface area (Å²) in [5.74, 6) is 0.0475. The predicted octanol–water partition coefficient (Wildman–Crippen LogP) is 0.525. The predicted molar refractivity (Wildman–Crippen MR) is 56.2 cm³/mol. The molecule has 0 radical (unpaired) electrons. The van der Waals surface area contributed by atoms with E-state index in [4.69, 9.17) is 0 Å². The molecule has 0 aromatic carbocycles. The second-order valence-corrected chi connectivity index (χ2v) is 4.64. The average Bonchev–Trinajstić information content (AvgIpc) is 2.18. The Bertz CT molecular complexity index is 262. The Morgan fingerprint density at radius 1 is 1.20 bits per heavy atom. The third-order valence-corrected chi connectivity index (χ3v) is 3.63. The SMILES string of the molecule is CCN1C(=O)CC2(CCNCC2)CC1=O. The van der Waals surface area contributed by atoms with Crippen molar-refractivity contribution in [2.45, 2.75) is 32.6 Å². The van der Waals surface area contributed by atoms with Crippen molar-refractivity contribution < 1.29 is 9.59 Å². The minimum atomic E-state index is -0.0227. The smallest absolute Gasteiger partial charge is 0.229 e. The van der Waals surface area contributed by atoms with Gasteiger partial charge in [0.25, 0.3) is 0 Å². The molecule has 0 aromatic rings. The molecule has 0 bridgehead atoms. The Morgan fingerprint density at radius 3 is 2.20 bits per heavy atom. The lowest BCUT2D eigenvalue weighted by Crippen LogP contribution is -2.51. The van der Waals surface area contributed by atoms with E-state index in [1.807, 2.05) is 6.92 Å². The highest BCUT2D eigenvalue weighted by atomic mass is 16.2. The fraction of sp³-hybridized carbons (Fsp3) is 0.818. The zero-order chi connectivity index (χ0) is 10.9. The van der Waals surface area contributed by atoms with Crippen molar-refractivity contribution in [3.05, 3.63) is 0 Å². The molecule has 2 amide bonds. The van der Waals surface area contributed by atoms with Crippen molar-refractivity contribution >= 4 is 11.8 Å². The molecule has 2 rings (SSSR count). The molecule has 2 aliphatic heterocycles. The lowest BCUT2D eigenvalue weighted by molar-refractivity contribution is -0.154. The molecule has 1 spiro atoms. The van der Waals surface area contributed by atoms with E-state index in [-0.39, 0.29) is 17.2 Å². The van der Waals surface area contributed by atoms with Gasteiger partial charge in [-0.15, -0.1) is 0 Å². The maximum absolute atomic E-state index is 11.8. The van der Waals surface area contributed by atoms with Crippen LogP contribution in [0.4, 0.5) is 0 Å². The lowest BCUT2D eigenvalue weighted by atomic mass is 9.71. The molecule has 0 unspecified atom stereocenters. The van der Waals surface area contributed by atoms with Gasteiger partial charge in [-0.25, -0.2) is 0 Å². The molecular formula is C11H18N2O2. The second kappa shape index (κ2) is 3.93. The maximum Gasteiger partial charge on any atom is 0.229 e. The Kier molecular flexibility index (Phi) is 2.78. The summed E-state index contributed by atoms with van der Waals surface area (Å²) in [5.41, 5.74) is -0.0227. The molecule has 0 saturated carbocycles. The van der Waals surface area contributed by atoms with Gasteiger partial charge in [0.15, 0.2) is 0 Å². The minimum absolute atomic E-state index is 0.0227. The first kappa shape index (κ1) is 10.6. The molecule has 2 aliphatic rings. The number of carbonyl (C=O) groups is 2. The van der Waals surface area contributed by atoms with Gasteiger partial charge in [-0.05, 0) is 38.3 Å². The summed E-state index contributed by atoms with van der Waals surface area (Å²) in [6, 6.07) is 0. The van der Waals surface area contributed by atoms with Crippen LogP contribution in [0.3, 0.4) is 0 Å². The van der Waals surface area contributed by atoms with Crippen LogP contribution in [0.5, 0.6) is 0 Å². The Morgan fingerprint density at radius 2 is 1.73 bits per heavy atom. The summed E-state index contributed by atoms with van der Waals surface area (Å²) in [6.07, 6.45) is 3.05. The van der Waals surface area contributed by atoms with E-state index in [0.29, 0.717) is 19.4 Å². The van der Waals surface area contributed by atoms with Crippen LogP contribution in [0.15, 0.2) is 0 Å². The molecule has 2 fully saturated rings. The molecular weight excluding hydrogens is 192 g/mol. The number of piperidine rings is 2. The van der Waals surface area contributed by atoms with Crippen molar-refractivity contribution in [2.75, 3.05) is 19.6 Å². The number of likely N-dealkylation sites (tertiary alicyclic amines) is 1. The topological polar surface area (TPSA) is 49.4 Å². The average molecular weight is 210 g/mol. The molecule has 0 atom stereocenters. The minimum Gasteiger partial charge on any atom is -0.317 e. The maximum atomic E-state index is 11.8. The number of carbonyl (C=O) groups excluding carboxylic acids is 2. The fourth-order valence-corrected chi connectivity index (χ4v) is 2.70. The summed E-state index contributed by atoms with van der Waals surface area (Å²) < 4.78 is 0. The summed E-state index contributed by atoms with van der Waals surface area (Å²) in [5, 5.41) is 3.27. The van der Waals surface area contributed by atoms with E-state index in [1.54, 1.807) is 0 Å². The zero-order valence-electron chi connectivity index (χ0n) is 9.21. The van der Waals surface area contributed by atoms with E-state index in [9.17, 15) is 9.59 Å². The number of hydrogen-bond donors (Lipinski definition) is 1. The van der Waals surface area contributed by atoms with E-state index in [1.165, 1.54) is 4.90 Å². The highest BCUT2D eigenvalue weighted by molar-refractivity contribution is 5.98. The molecule has 15 heavy (non-hydrogen) atoms. The van der Waals surface area contributed by atoms with Gasteiger partial charge in [-0.1, -0.05) is 0 Å². The molecule has 4 heteroatoms. The van der Waals surface area contributed by atoms with Gasteiger partial charge in [-0.2, -0.15) is 0 Å². The molecule has 1 N–H and O–H groups in total. The highest BCUT2D eigenvalue weighted by Crippen LogP contribution is 2.40. The molecule has 2 heterocycles. The van der Waals surface area contributed by atoms with Crippen LogP contribution in [-0.2, 0) is 9.59 Å². The Labute approximate surface area is 90.0 Å². The van der Waals surface area contributed by atoms with E-state index < -0.39 is 0 Å². The van der Waals surface area contributed by atoms with Gasteiger partial charge in [-0.3, -0.25) is 14.5 Å². The second-order valence-electron chi connectivity index (χ2n) is 4.64. The van der Waals surface area contributed by atoms with Crippen LogP contribution < -0.4 is 5.32 Å². The van der Waals surface area contributed by atoms with Crippen LogP contribution in [-0.4, -0.2) is 36.3 Å². The summed E-state index contributed by atoms with van der Waals surface area (Å²) >= 11 is 0. The third-order valence-electron chi connectivity index (χ3n) is 3.63. The zero-order valence-corrected chi connectivity index (χ0v) is 9.21. The number of nitrogens with one attached hydrogen (secondary N) is 1. The van der Waals surface area contributed by atoms with Crippen molar-refractivity contribution in [1.29, 1.82) is 0 Å². The first-order valence-electron chi connectivity index (χ1n) is 5.71. The number of imide groups is 1. The van der Waals surface area contributed by atoms with Crippen LogP contribution in [0.2, 0.25) is 0 Å².